The second kappa shape index (κ2) is 5.10. The average molecular weight is 298 g/mol. The number of aryl methyl sites for hydroxylation is 1. The Hall–Kier alpha value is -2.96. The quantitative estimate of drug-likeness (QED) is 0.544. The Kier molecular flexibility index (Phi) is 3.25. The first-order valence-corrected chi connectivity index (χ1v) is 6.75. The van der Waals surface area contributed by atoms with E-state index in [1.165, 1.54) is 6.20 Å². The molecule has 0 radical (unpaired) electrons. The van der Waals surface area contributed by atoms with Crippen LogP contribution in [0.1, 0.15) is 22.5 Å². The Labute approximate surface area is 125 Å². The minimum absolute atomic E-state index is 0.0591. The number of nitrogens with zero attached hydrogens (tertiary/aromatic N) is 1. The number of imide groups is 1. The third-order valence-corrected chi connectivity index (χ3v) is 3.66. The van der Waals surface area contributed by atoms with Crippen LogP contribution in [0.4, 0.5) is 5.69 Å². The van der Waals surface area contributed by atoms with Crippen molar-refractivity contribution in [2.45, 2.75) is 19.4 Å². The molecule has 1 aliphatic rings. The van der Waals surface area contributed by atoms with Crippen molar-refractivity contribution in [1.82, 2.24) is 15.6 Å². The van der Waals surface area contributed by atoms with Gasteiger partial charge in [0.15, 0.2) is 0 Å². The number of aromatic nitrogens is 1. The summed E-state index contributed by atoms with van der Waals surface area (Å²) in [6, 6.07) is 4.45. The number of benzene rings is 1. The molecular formula is C15H14N4O3. The number of rotatable bonds is 2. The topological polar surface area (TPSA) is 114 Å². The first kappa shape index (κ1) is 14.0. The normalized spacial score (nSPS) is 17.6. The van der Waals surface area contributed by atoms with Crippen molar-refractivity contribution in [3.63, 3.8) is 0 Å². The minimum atomic E-state index is -0.863. The summed E-state index contributed by atoms with van der Waals surface area (Å²) in [5.74, 6) is -1.41. The smallest absolute Gasteiger partial charge is 0.271 e. The standard InChI is InChI=1S/C15H14N4O3/c1-7-2-3-9(16)8-4-5-17-13(12(7)8)15(22)18-10-6-11(20)19-14(10)21/h2-5,10H,6,16H2,1H3,(H,18,22)(H,19,20,21). The van der Waals surface area contributed by atoms with Crippen LogP contribution in [0.15, 0.2) is 24.4 Å². The summed E-state index contributed by atoms with van der Waals surface area (Å²) < 4.78 is 0. The molecule has 0 spiro atoms. The lowest BCUT2D eigenvalue weighted by molar-refractivity contribution is -0.125. The lowest BCUT2D eigenvalue weighted by atomic mass is 10.0. The first-order chi connectivity index (χ1) is 10.5. The van der Waals surface area contributed by atoms with Crippen molar-refractivity contribution in [2.24, 2.45) is 0 Å². The van der Waals surface area contributed by atoms with Crippen LogP contribution in [0.25, 0.3) is 10.8 Å². The van der Waals surface area contributed by atoms with E-state index in [1.54, 1.807) is 12.1 Å². The van der Waals surface area contributed by atoms with Gasteiger partial charge in [0, 0.05) is 22.7 Å². The van der Waals surface area contributed by atoms with Crippen LogP contribution in [0.5, 0.6) is 0 Å². The molecule has 7 nitrogen and oxygen atoms in total. The molecule has 1 aliphatic heterocycles. The maximum absolute atomic E-state index is 12.4. The fourth-order valence-corrected chi connectivity index (χ4v) is 2.56. The predicted molar refractivity (Wildman–Crippen MR) is 79.9 cm³/mol. The van der Waals surface area contributed by atoms with Crippen molar-refractivity contribution >= 4 is 34.2 Å². The van der Waals surface area contributed by atoms with E-state index in [1.807, 2.05) is 13.0 Å². The van der Waals surface area contributed by atoms with Crippen LogP contribution < -0.4 is 16.4 Å². The molecule has 2 aromatic rings. The van der Waals surface area contributed by atoms with Crippen molar-refractivity contribution in [2.75, 3.05) is 5.73 Å². The number of amides is 3. The van der Waals surface area contributed by atoms with Crippen LogP contribution in [-0.2, 0) is 9.59 Å². The second-order valence-corrected chi connectivity index (χ2v) is 5.20. The third-order valence-electron chi connectivity index (χ3n) is 3.66. The number of anilines is 1. The van der Waals surface area contributed by atoms with Crippen molar-refractivity contribution in [3.05, 3.63) is 35.7 Å². The molecule has 0 saturated carbocycles. The fraction of sp³-hybridized carbons (Fsp3) is 0.200. The van der Waals surface area contributed by atoms with Crippen LogP contribution in [0.2, 0.25) is 0 Å². The molecule has 1 aromatic carbocycles. The van der Waals surface area contributed by atoms with Crippen LogP contribution in [0.3, 0.4) is 0 Å². The summed E-state index contributed by atoms with van der Waals surface area (Å²) >= 11 is 0. The fourth-order valence-electron chi connectivity index (χ4n) is 2.56. The SMILES string of the molecule is Cc1ccc(N)c2ccnc(C(=O)NC3CC(=O)NC3=O)c12. The Morgan fingerprint density at radius 1 is 1.36 bits per heavy atom. The van der Waals surface area contributed by atoms with Gasteiger partial charge in [0.25, 0.3) is 5.91 Å². The van der Waals surface area contributed by atoms with Crippen molar-refractivity contribution < 1.29 is 14.4 Å². The molecule has 1 unspecified atom stereocenters. The van der Waals surface area contributed by atoms with Crippen molar-refractivity contribution in [3.8, 4) is 0 Å². The van der Waals surface area contributed by atoms with E-state index >= 15 is 0 Å². The molecule has 1 fully saturated rings. The molecule has 7 heteroatoms. The van der Waals surface area contributed by atoms with Gasteiger partial charge in [-0.15, -0.1) is 0 Å². The van der Waals surface area contributed by atoms with E-state index in [0.717, 1.165) is 10.9 Å². The lowest BCUT2D eigenvalue weighted by Crippen LogP contribution is -2.40. The molecule has 0 aliphatic carbocycles. The number of nitrogens with one attached hydrogen (secondary N) is 2. The van der Waals surface area contributed by atoms with E-state index < -0.39 is 23.8 Å². The summed E-state index contributed by atoms with van der Waals surface area (Å²) in [6.45, 7) is 1.85. The van der Waals surface area contributed by atoms with E-state index in [9.17, 15) is 14.4 Å². The minimum Gasteiger partial charge on any atom is -0.398 e. The molecule has 1 aromatic heterocycles. The van der Waals surface area contributed by atoms with Gasteiger partial charge in [-0.25, -0.2) is 0 Å². The van der Waals surface area contributed by atoms with Gasteiger partial charge < -0.3 is 11.1 Å². The number of pyridine rings is 1. The number of hydrogen-bond donors (Lipinski definition) is 3. The highest BCUT2D eigenvalue weighted by Crippen LogP contribution is 2.26. The van der Waals surface area contributed by atoms with E-state index in [0.29, 0.717) is 11.1 Å². The maximum atomic E-state index is 12.4. The van der Waals surface area contributed by atoms with Gasteiger partial charge in [-0.3, -0.25) is 24.7 Å². The lowest BCUT2D eigenvalue weighted by Gasteiger charge is -2.12. The molecule has 22 heavy (non-hydrogen) atoms. The van der Waals surface area contributed by atoms with Gasteiger partial charge in [-0.05, 0) is 24.6 Å². The summed E-state index contributed by atoms with van der Waals surface area (Å²) in [6.07, 6.45) is 1.43. The Morgan fingerprint density at radius 2 is 2.14 bits per heavy atom. The molecule has 2 heterocycles. The van der Waals surface area contributed by atoms with E-state index in [2.05, 4.69) is 15.6 Å². The highest BCUT2D eigenvalue weighted by Gasteiger charge is 2.32. The number of carbonyl (C=O) groups is 3. The number of fused-ring (bicyclic) bond motifs is 1. The zero-order valence-electron chi connectivity index (χ0n) is 11.8. The van der Waals surface area contributed by atoms with Gasteiger partial charge in [0.05, 0.1) is 6.42 Å². The predicted octanol–water partition coefficient (Wildman–Crippen LogP) is 0.270. The first-order valence-electron chi connectivity index (χ1n) is 6.75. The Bertz CT molecular complexity index is 816. The van der Waals surface area contributed by atoms with E-state index in [-0.39, 0.29) is 12.1 Å². The van der Waals surface area contributed by atoms with E-state index in [4.69, 9.17) is 5.73 Å². The Balaban J connectivity index is 2.00. The van der Waals surface area contributed by atoms with Gasteiger partial charge in [0.1, 0.15) is 11.7 Å². The molecular weight excluding hydrogens is 284 g/mol. The van der Waals surface area contributed by atoms with Gasteiger partial charge in [-0.1, -0.05) is 6.07 Å². The highest BCUT2D eigenvalue weighted by molar-refractivity contribution is 6.12. The molecule has 3 amide bonds. The van der Waals surface area contributed by atoms with Crippen molar-refractivity contribution in [1.29, 1.82) is 0 Å². The summed E-state index contributed by atoms with van der Waals surface area (Å²) in [5.41, 5.74) is 7.52. The van der Waals surface area contributed by atoms with Gasteiger partial charge in [-0.2, -0.15) is 0 Å². The summed E-state index contributed by atoms with van der Waals surface area (Å²) in [4.78, 5) is 39.3. The highest BCUT2D eigenvalue weighted by atomic mass is 16.2. The largest absolute Gasteiger partial charge is 0.398 e. The number of carbonyl (C=O) groups excluding carboxylic acids is 3. The molecule has 112 valence electrons. The zero-order chi connectivity index (χ0) is 15.9. The number of nitrogens with two attached hydrogens (primary N) is 1. The van der Waals surface area contributed by atoms with Crippen LogP contribution in [-0.4, -0.2) is 28.7 Å². The van der Waals surface area contributed by atoms with Crippen LogP contribution >= 0.6 is 0 Å². The number of nitrogen functional groups attached to an aromatic ring is 1. The van der Waals surface area contributed by atoms with Gasteiger partial charge >= 0.3 is 0 Å². The zero-order valence-corrected chi connectivity index (χ0v) is 11.8. The third kappa shape index (κ3) is 2.26. The van der Waals surface area contributed by atoms with Gasteiger partial charge in [0.2, 0.25) is 11.8 Å². The monoisotopic (exact) mass is 298 g/mol. The van der Waals surface area contributed by atoms with Crippen LogP contribution in [0, 0.1) is 6.92 Å². The Morgan fingerprint density at radius 3 is 2.82 bits per heavy atom. The molecule has 1 atom stereocenters. The number of hydrogen-bond acceptors (Lipinski definition) is 5. The summed E-state index contributed by atoms with van der Waals surface area (Å²) in [7, 11) is 0. The molecule has 4 N–H and O–H groups in total. The molecule has 1 saturated heterocycles. The molecule has 3 rings (SSSR count). The second-order valence-electron chi connectivity index (χ2n) is 5.20. The summed E-state index contributed by atoms with van der Waals surface area (Å²) in [5, 5.41) is 6.06. The average Bonchev–Trinajstić information content (AvgIpc) is 2.80. The maximum Gasteiger partial charge on any atom is 0.271 e. The molecule has 0 bridgehead atoms.